The average molecular weight is 769 g/mol. The van der Waals surface area contributed by atoms with Crippen LogP contribution < -0.4 is 16.0 Å². The Bertz CT molecular complexity index is 1870. The first-order valence-corrected chi connectivity index (χ1v) is 20.5. The number of esters is 1. The maximum absolute atomic E-state index is 15.0. The lowest BCUT2D eigenvalue weighted by atomic mass is 9.69. The number of rotatable bonds is 19. The molecule has 56 heavy (non-hydrogen) atoms. The molecule has 0 radical (unpaired) electrons. The fourth-order valence-corrected chi connectivity index (χ4v) is 9.10. The van der Waals surface area contributed by atoms with Gasteiger partial charge in [-0.15, -0.1) is 0 Å². The predicted octanol–water partition coefficient (Wildman–Crippen LogP) is 5.66. The summed E-state index contributed by atoms with van der Waals surface area (Å²) in [5, 5.41) is 30.6. The number of aliphatic hydroxyl groups excluding tert-OH is 2. The highest BCUT2D eigenvalue weighted by Crippen LogP contribution is 2.60. The highest BCUT2D eigenvalue weighted by atomic mass is 16.7. The summed E-state index contributed by atoms with van der Waals surface area (Å²) in [5.74, 6) is -0.752. The Morgan fingerprint density at radius 1 is 1.16 bits per heavy atom. The second kappa shape index (κ2) is 18.1. The van der Waals surface area contributed by atoms with E-state index in [0.29, 0.717) is 62.4 Å². The van der Waals surface area contributed by atoms with Crippen molar-refractivity contribution in [2.75, 3.05) is 38.8 Å². The van der Waals surface area contributed by atoms with Crippen molar-refractivity contribution >= 4 is 23.4 Å². The molecular weight excluding hydrogens is 709 g/mol. The maximum atomic E-state index is 15.0. The largest absolute Gasteiger partial charge is 0.459 e. The number of aromatic nitrogens is 1. The number of carbonyl (C=O) groups is 3. The Morgan fingerprint density at radius 3 is 2.71 bits per heavy atom. The molecule has 2 aromatic rings. The number of nitrogens with zero attached hydrogens (tertiary/aromatic N) is 1. The minimum absolute atomic E-state index is 0.0774. The average Bonchev–Trinajstić information content (AvgIpc) is 3.90. The zero-order chi connectivity index (χ0) is 40.0. The number of pyridine rings is 1. The molecule has 1 aromatic heterocycles. The molecular formula is C45H60N4O7. The molecule has 0 amide bonds. The molecule has 0 saturated carbocycles. The first-order chi connectivity index (χ1) is 27.0. The molecule has 5 N–H and O–H groups in total. The van der Waals surface area contributed by atoms with E-state index in [1.807, 2.05) is 52.9 Å². The summed E-state index contributed by atoms with van der Waals surface area (Å²) < 4.78 is 12.9. The Balaban J connectivity index is 1.36. The number of aryl methyl sites for hydroxylation is 1. The van der Waals surface area contributed by atoms with Crippen LogP contribution in [0.2, 0.25) is 0 Å². The van der Waals surface area contributed by atoms with Gasteiger partial charge in [0, 0.05) is 42.3 Å². The molecule has 1 fully saturated rings. The third-order valence-corrected chi connectivity index (χ3v) is 12.1. The highest BCUT2D eigenvalue weighted by Gasteiger charge is 2.86. The van der Waals surface area contributed by atoms with Gasteiger partial charge in [0.05, 0.1) is 13.3 Å². The lowest BCUT2D eigenvalue weighted by molar-refractivity contribution is -0.158. The number of ether oxygens (including phenoxy) is 2. The van der Waals surface area contributed by atoms with Crippen molar-refractivity contribution in [3.63, 3.8) is 0 Å². The van der Waals surface area contributed by atoms with Crippen LogP contribution >= 0.6 is 0 Å². The van der Waals surface area contributed by atoms with E-state index in [0.717, 1.165) is 36.2 Å². The molecule has 4 aliphatic rings. The number of likely N-dealkylation sites (N-methyl/N-ethyl adjacent to an activating group) is 1. The van der Waals surface area contributed by atoms with Crippen LogP contribution in [-0.4, -0.2) is 89.6 Å². The number of hydrogen-bond acceptors (Lipinski definition) is 11. The summed E-state index contributed by atoms with van der Waals surface area (Å²) in [6.45, 7) is 8.87. The number of carbonyl (C=O) groups excluding carboxylic acids is 3. The summed E-state index contributed by atoms with van der Waals surface area (Å²) in [7, 11) is 1.85. The molecule has 0 bridgehead atoms. The van der Waals surface area contributed by atoms with Gasteiger partial charge in [0.2, 0.25) is 5.78 Å². The SMILES string of the molecule is CCN[C@@H]1C=C2C=CCC[C@H]2C[C@H]1[C@H](CCCO)OC(=O)[C@]12O[C@@]1(C/C(CO)=C(\C)CCc1ccnc(NCNC)c1)C(=O)c1cccc(CC(C)C)c1C2=O. The van der Waals surface area contributed by atoms with Gasteiger partial charge in [-0.05, 0) is 118 Å². The van der Waals surface area contributed by atoms with E-state index in [4.69, 9.17) is 9.47 Å². The minimum Gasteiger partial charge on any atom is -0.459 e. The summed E-state index contributed by atoms with van der Waals surface area (Å²) in [4.78, 5) is 49.2. The summed E-state index contributed by atoms with van der Waals surface area (Å²) >= 11 is 0. The first kappa shape index (κ1) is 41.6. The molecule has 6 rings (SSSR count). The summed E-state index contributed by atoms with van der Waals surface area (Å²) in [6.07, 6.45) is 12.9. The summed E-state index contributed by atoms with van der Waals surface area (Å²) in [6, 6.07) is 9.10. The molecule has 1 saturated heterocycles. The van der Waals surface area contributed by atoms with Crippen molar-refractivity contribution in [1.29, 1.82) is 0 Å². The second-order valence-electron chi connectivity index (χ2n) is 16.3. The van der Waals surface area contributed by atoms with E-state index < -0.39 is 34.8 Å². The Labute approximate surface area is 331 Å². The Morgan fingerprint density at radius 2 is 1.98 bits per heavy atom. The Hall–Kier alpha value is -4.00. The second-order valence-corrected chi connectivity index (χ2v) is 16.3. The zero-order valence-electron chi connectivity index (χ0n) is 33.7. The van der Waals surface area contributed by atoms with Gasteiger partial charge in [0.25, 0.3) is 5.60 Å². The number of nitrogens with one attached hydrogen (secondary N) is 3. The third-order valence-electron chi connectivity index (χ3n) is 12.1. The minimum atomic E-state index is -2.20. The van der Waals surface area contributed by atoms with E-state index in [9.17, 15) is 19.8 Å². The molecule has 1 aromatic carbocycles. The molecule has 11 nitrogen and oxygen atoms in total. The summed E-state index contributed by atoms with van der Waals surface area (Å²) in [5.41, 5.74) is 0.821. The number of aliphatic hydroxyl groups is 2. The van der Waals surface area contributed by atoms with Crippen molar-refractivity contribution in [3.05, 3.63) is 93.7 Å². The highest BCUT2D eigenvalue weighted by molar-refractivity contribution is 6.33. The smallest absolute Gasteiger partial charge is 0.350 e. The molecule has 6 atom stereocenters. The van der Waals surface area contributed by atoms with E-state index in [1.54, 1.807) is 18.3 Å². The number of hydrogen-bond donors (Lipinski definition) is 5. The number of allylic oxidation sites excluding steroid dienone is 4. The molecule has 3 aliphatic carbocycles. The molecule has 1 aliphatic heterocycles. The molecule has 302 valence electrons. The standard InChI is InChI=1S/C45H60N4O7/c1-6-47-37-24-32-12-8-7-11-31(32)23-36(37)38(15-10-20-50)55-43(54)45-42(53)40-33(21-28(2)3)13-9-14-35(40)41(52)44(45,56-45)25-34(26-51)29(4)16-17-30-18-19-48-39(22-30)49-27-46-5/h8-9,12-14,18-19,22,24,28,31,36-38,46-47,50-51H,6-7,10-11,15-17,20-21,23,25-27H2,1-5H3,(H,48,49)/b34-29-/t31-,36+,37+,38-,44-,45-/m0/s1. The monoisotopic (exact) mass is 768 g/mol. The van der Waals surface area contributed by atoms with E-state index in [-0.39, 0.29) is 48.6 Å². The van der Waals surface area contributed by atoms with Crippen molar-refractivity contribution in [1.82, 2.24) is 15.6 Å². The number of epoxide rings is 1. The topological polar surface area (TPSA) is 162 Å². The van der Waals surface area contributed by atoms with Gasteiger partial charge in [-0.25, -0.2) is 9.78 Å². The quantitative estimate of drug-likeness (QED) is 0.0394. The van der Waals surface area contributed by atoms with Crippen molar-refractivity contribution in [2.45, 2.75) is 109 Å². The number of anilines is 1. The molecule has 0 unspecified atom stereocenters. The van der Waals surface area contributed by atoms with Crippen LogP contribution in [0.3, 0.4) is 0 Å². The first-order valence-electron chi connectivity index (χ1n) is 20.5. The molecule has 2 heterocycles. The van der Waals surface area contributed by atoms with E-state index in [1.165, 1.54) is 5.57 Å². The van der Waals surface area contributed by atoms with Crippen LogP contribution in [0.25, 0.3) is 0 Å². The maximum Gasteiger partial charge on any atom is 0.350 e. The van der Waals surface area contributed by atoms with Gasteiger partial charge in [-0.1, -0.05) is 62.8 Å². The molecule has 11 heteroatoms. The Kier molecular flexibility index (Phi) is 13.4. The number of fused-ring (bicyclic) bond motifs is 3. The fourth-order valence-electron chi connectivity index (χ4n) is 9.10. The van der Waals surface area contributed by atoms with Crippen molar-refractivity contribution in [2.24, 2.45) is 17.8 Å². The lowest BCUT2D eigenvalue weighted by Crippen LogP contribution is -2.53. The van der Waals surface area contributed by atoms with Crippen LogP contribution in [0.1, 0.15) is 104 Å². The normalized spacial score (nSPS) is 26.1. The number of ketones is 2. The van der Waals surface area contributed by atoms with Crippen LogP contribution in [0, 0.1) is 17.8 Å². The van der Waals surface area contributed by atoms with E-state index in [2.05, 4.69) is 39.2 Å². The number of benzene rings is 1. The molecule has 0 spiro atoms. The van der Waals surface area contributed by atoms with Gasteiger partial charge in [-0.2, -0.15) is 0 Å². The van der Waals surface area contributed by atoms with Gasteiger partial charge >= 0.3 is 5.97 Å². The predicted molar refractivity (Wildman–Crippen MR) is 216 cm³/mol. The fraction of sp³-hybridized carbons (Fsp3) is 0.556. The van der Waals surface area contributed by atoms with Gasteiger partial charge in [-0.3, -0.25) is 9.59 Å². The third kappa shape index (κ3) is 8.20. The van der Waals surface area contributed by atoms with E-state index >= 15 is 4.79 Å². The van der Waals surface area contributed by atoms with Crippen LogP contribution in [0.5, 0.6) is 0 Å². The lowest BCUT2D eigenvalue weighted by Gasteiger charge is -2.40. The van der Waals surface area contributed by atoms with Gasteiger partial charge in [0.1, 0.15) is 11.9 Å². The van der Waals surface area contributed by atoms with Gasteiger partial charge < -0.3 is 35.6 Å². The zero-order valence-corrected chi connectivity index (χ0v) is 33.7. The van der Waals surface area contributed by atoms with Crippen molar-refractivity contribution < 1.29 is 34.1 Å². The van der Waals surface area contributed by atoms with Crippen LogP contribution in [0.15, 0.2) is 71.5 Å². The van der Waals surface area contributed by atoms with Crippen molar-refractivity contribution in [3.8, 4) is 0 Å². The van der Waals surface area contributed by atoms with Gasteiger partial charge in [0.15, 0.2) is 11.4 Å². The van der Waals surface area contributed by atoms with Crippen LogP contribution in [-0.2, 0) is 27.1 Å². The van der Waals surface area contributed by atoms with Crippen LogP contribution in [0.4, 0.5) is 5.82 Å². The number of Topliss-reactive ketones (excluding diaryl/α,β-unsaturated/α-hetero) is 2.